The highest BCUT2D eigenvalue weighted by Crippen LogP contribution is 2.46. The highest BCUT2D eigenvalue weighted by Gasteiger charge is 2.44. The molecule has 0 aromatic heterocycles. The van der Waals surface area contributed by atoms with Gasteiger partial charge in [0.15, 0.2) is 0 Å². The number of benzene rings is 3. The van der Waals surface area contributed by atoms with Crippen LogP contribution < -0.4 is 0 Å². The van der Waals surface area contributed by atoms with Gasteiger partial charge < -0.3 is 32.6 Å². The maximum Gasteiger partial charge on any atom is 0.319 e. The number of fused-ring (bicyclic) bond motifs is 2. The van der Waals surface area contributed by atoms with Gasteiger partial charge in [-0.3, -0.25) is 19.2 Å². The van der Waals surface area contributed by atoms with Gasteiger partial charge in [0, 0.05) is 0 Å². The Morgan fingerprint density at radius 3 is 1.00 bits per heavy atom. The Labute approximate surface area is 380 Å². The monoisotopic (exact) mass is 963 g/mol. The molecule has 366 valence electrons. The fraction of sp³-hybridized carbons (Fsp3) is 0.545. The largest absolute Gasteiger partial charge is 0.748 e. The van der Waals surface area contributed by atoms with Gasteiger partial charge in [0.05, 0.1) is 25.7 Å². The second-order valence-electron chi connectivity index (χ2n) is 12.7. The second kappa shape index (κ2) is 36.8. The van der Waals surface area contributed by atoms with E-state index in [1.807, 2.05) is 77.9 Å². The highest BCUT2D eigenvalue weighted by atomic mass is 32.2. The third-order valence-corrected chi connectivity index (χ3v) is 9.60. The Hall–Kier alpha value is -4.47. The van der Waals surface area contributed by atoms with Crippen LogP contribution in [0.5, 0.6) is 0 Å². The molecule has 2 saturated heterocycles. The SMILES string of the molecule is CC.CC.CC.CCOC(=O)CS(=O)(=O)[O-].CCOC(=O)CS(=O)(=O)[O-].CCOC(=O)CS(=O)(=O)[O-].O=C1OC2CC3CC(C2)CC1C3.c1ccc2ccccc2c1.c1ccccc1. The van der Waals surface area contributed by atoms with Crippen LogP contribution in [0, 0.1) is 17.8 Å². The lowest BCUT2D eigenvalue weighted by Gasteiger charge is -2.35. The normalized spacial score (nSPS) is 17.2. The van der Waals surface area contributed by atoms with E-state index in [1.165, 1.54) is 38.0 Å². The zero-order valence-corrected chi connectivity index (χ0v) is 40.8. The first-order chi connectivity index (χ1) is 30.1. The molecule has 0 radical (unpaired) electrons. The van der Waals surface area contributed by atoms with E-state index < -0.39 is 65.5 Å². The predicted molar refractivity (Wildman–Crippen MR) is 241 cm³/mol. The molecule has 3 aromatic carbocycles. The number of hydrogen-bond acceptors (Lipinski definition) is 17. The summed E-state index contributed by atoms with van der Waals surface area (Å²) in [7, 11) is -13.4. The standard InChI is InChI=1S/C10H14O2.C10H8.C6H6.3C4H8O5S.3C2H6/c11-10-8-2-6-1-7(3-8)5-9(4-6)12-10;1-2-6-10-8-4-3-7-9(10)5-1;1-2-4-6-5-3-1;3*1-2-9-4(5)3-10(6,7)8;3*1-2/h6-9H,1-5H2;1-8H;1-6H;3*2-3H2,1H3,(H,6,7,8);3*1-2H3/p-3. The quantitative estimate of drug-likeness (QED) is 0.124. The minimum absolute atomic E-state index is 0.0777. The van der Waals surface area contributed by atoms with E-state index in [2.05, 4.69) is 62.7 Å². The molecule has 2 heterocycles. The van der Waals surface area contributed by atoms with E-state index in [-0.39, 0.29) is 37.8 Å². The number of esters is 4. The average molecular weight is 964 g/mol. The molecule has 0 N–H and O–H groups in total. The van der Waals surface area contributed by atoms with Crippen LogP contribution >= 0.6 is 0 Å². The highest BCUT2D eigenvalue weighted by molar-refractivity contribution is 7.86. The number of hydrogen-bond donors (Lipinski definition) is 0. The molecule has 4 aliphatic rings. The summed E-state index contributed by atoms with van der Waals surface area (Å²) in [4.78, 5) is 42.2. The molecule has 2 atom stereocenters. The first-order valence-electron chi connectivity index (χ1n) is 21.1. The van der Waals surface area contributed by atoms with Crippen molar-refractivity contribution in [1.82, 2.24) is 0 Å². The van der Waals surface area contributed by atoms with Gasteiger partial charge >= 0.3 is 23.9 Å². The zero-order valence-electron chi connectivity index (χ0n) is 38.3. The first kappa shape index (κ1) is 63.8. The van der Waals surface area contributed by atoms with Gasteiger partial charge in [0.1, 0.15) is 53.7 Å². The van der Waals surface area contributed by atoms with Crippen molar-refractivity contribution in [2.45, 2.75) is 101 Å². The lowest BCUT2D eigenvalue weighted by molar-refractivity contribution is -0.151. The van der Waals surface area contributed by atoms with Crippen molar-refractivity contribution in [3.63, 3.8) is 0 Å². The van der Waals surface area contributed by atoms with E-state index in [9.17, 15) is 58.1 Å². The van der Waals surface area contributed by atoms with Crippen LogP contribution in [0.25, 0.3) is 10.8 Å². The summed E-state index contributed by atoms with van der Waals surface area (Å²) in [6, 6.07) is 28.7. The van der Waals surface area contributed by atoms with Crippen LogP contribution in [0.4, 0.5) is 0 Å². The second-order valence-corrected chi connectivity index (χ2v) is 16.9. The Bertz CT molecular complexity index is 1820. The minimum atomic E-state index is -4.47. The average Bonchev–Trinajstić information content (AvgIpc) is 3.40. The molecule has 2 aliphatic heterocycles. The molecular weight excluding hydrogens is 897 g/mol. The van der Waals surface area contributed by atoms with Crippen molar-refractivity contribution in [2.24, 2.45) is 17.8 Å². The molecule has 4 fully saturated rings. The Morgan fingerprint density at radius 1 is 0.500 bits per heavy atom. The molecule has 20 heteroatoms. The van der Waals surface area contributed by atoms with Crippen molar-refractivity contribution < 1.29 is 77.0 Å². The number of carbonyl (C=O) groups excluding carboxylic acids is 4. The first-order valence-corrected chi connectivity index (χ1v) is 25.8. The zero-order chi connectivity index (χ0) is 49.8. The fourth-order valence-electron chi connectivity index (χ4n) is 5.90. The summed E-state index contributed by atoms with van der Waals surface area (Å²) in [5.74, 6) is -4.28. The van der Waals surface area contributed by atoms with E-state index in [0.29, 0.717) is 0 Å². The van der Waals surface area contributed by atoms with E-state index in [4.69, 9.17) is 4.74 Å². The topological polar surface area (TPSA) is 277 Å². The summed E-state index contributed by atoms with van der Waals surface area (Å²) < 4.78 is 107. The lowest BCUT2D eigenvalue weighted by atomic mass is 9.68. The summed E-state index contributed by atoms with van der Waals surface area (Å²) >= 11 is 0. The predicted octanol–water partition coefficient (Wildman–Crippen LogP) is 6.63. The number of carbonyl (C=O) groups is 4. The van der Waals surface area contributed by atoms with Crippen molar-refractivity contribution in [1.29, 1.82) is 0 Å². The molecule has 2 aliphatic carbocycles. The summed E-state index contributed by atoms with van der Waals surface area (Å²) in [5.41, 5.74) is 0. The fourth-order valence-corrected chi connectivity index (χ4v) is 7.01. The van der Waals surface area contributed by atoms with E-state index in [0.717, 1.165) is 37.5 Å². The molecular formula is C44H67O17S3-3. The smallest absolute Gasteiger partial charge is 0.319 e. The van der Waals surface area contributed by atoms with Crippen molar-refractivity contribution in [2.75, 3.05) is 37.1 Å². The van der Waals surface area contributed by atoms with Crippen LogP contribution in [0.1, 0.15) is 94.4 Å². The van der Waals surface area contributed by atoms with Crippen LogP contribution in [-0.2, 0) is 68.5 Å². The Balaban J connectivity index is -0.000000686. The van der Waals surface area contributed by atoms with Crippen LogP contribution in [0.15, 0.2) is 84.9 Å². The molecule has 3 aromatic rings. The molecule has 64 heavy (non-hydrogen) atoms. The Kier molecular flexibility index (Phi) is 36.7. The molecule has 17 nitrogen and oxygen atoms in total. The van der Waals surface area contributed by atoms with E-state index in [1.54, 1.807) is 0 Å². The van der Waals surface area contributed by atoms with Gasteiger partial charge in [-0.1, -0.05) is 126 Å². The van der Waals surface area contributed by atoms with Gasteiger partial charge in [0.25, 0.3) is 0 Å². The Morgan fingerprint density at radius 2 is 0.766 bits per heavy atom. The minimum Gasteiger partial charge on any atom is -0.748 e. The lowest BCUT2D eigenvalue weighted by Crippen LogP contribution is -2.29. The summed E-state index contributed by atoms with van der Waals surface area (Å²) in [6.07, 6.45) is 6.19. The third kappa shape index (κ3) is 35.9. The summed E-state index contributed by atoms with van der Waals surface area (Å²) in [5, 5.41) is 2.62. The maximum atomic E-state index is 11.4. The number of rotatable bonds is 9. The molecule has 2 unspecified atom stereocenters. The molecule has 0 amide bonds. The van der Waals surface area contributed by atoms with Crippen molar-refractivity contribution in [3.05, 3.63) is 84.9 Å². The van der Waals surface area contributed by atoms with Crippen LogP contribution in [-0.4, -0.2) is 106 Å². The van der Waals surface area contributed by atoms with Gasteiger partial charge in [-0.2, -0.15) is 0 Å². The third-order valence-electron chi connectivity index (χ3n) is 7.84. The van der Waals surface area contributed by atoms with E-state index >= 15 is 0 Å². The van der Waals surface area contributed by atoms with Gasteiger partial charge in [0.2, 0.25) is 0 Å². The van der Waals surface area contributed by atoms with Gasteiger partial charge in [-0.25, -0.2) is 25.3 Å². The molecule has 7 rings (SSSR count). The van der Waals surface area contributed by atoms with Gasteiger partial charge in [-0.05, 0) is 75.5 Å². The number of ether oxygens (including phenoxy) is 4. The molecule has 0 spiro atoms. The van der Waals surface area contributed by atoms with Crippen LogP contribution in [0.2, 0.25) is 0 Å². The molecule has 2 saturated carbocycles. The summed E-state index contributed by atoms with van der Waals surface area (Å²) in [6.45, 7) is 16.8. The van der Waals surface area contributed by atoms with Crippen molar-refractivity contribution in [3.8, 4) is 0 Å². The molecule has 4 bridgehead atoms. The maximum absolute atomic E-state index is 11.4. The van der Waals surface area contributed by atoms with Crippen LogP contribution in [0.3, 0.4) is 0 Å². The van der Waals surface area contributed by atoms with Gasteiger partial charge in [-0.15, -0.1) is 0 Å². The van der Waals surface area contributed by atoms with Crippen molar-refractivity contribution >= 4 is 65.0 Å².